The van der Waals surface area contributed by atoms with E-state index in [9.17, 15) is 9.59 Å². The second-order valence-corrected chi connectivity index (χ2v) is 9.19. The Hall–Kier alpha value is -2.81. The molecule has 0 aliphatic carbocycles. The topological polar surface area (TPSA) is 70.5 Å². The summed E-state index contributed by atoms with van der Waals surface area (Å²) in [5, 5.41) is 2.64. The van der Waals surface area contributed by atoms with E-state index in [2.05, 4.69) is 39.2 Å². The Morgan fingerprint density at radius 3 is 2.62 bits per heavy atom. The van der Waals surface area contributed by atoms with Crippen LogP contribution in [0.4, 0.5) is 10.5 Å². The number of piperazine rings is 1. The minimum atomic E-state index is -0.365. The van der Waals surface area contributed by atoms with Crippen LogP contribution in [0.2, 0.25) is 5.02 Å². The Balaban J connectivity index is 1.44. The molecule has 2 aliphatic heterocycles. The zero-order valence-electron chi connectivity index (χ0n) is 17.5. The van der Waals surface area contributed by atoms with Crippen molar-refractivity contribution in [3.63, 3.8) is 0 Å². The van der Waals surface area contributed by atoms with Crippen LogP contribution in [0.15, 0.2) is 47.6 Å². The van der Waals surface area contributed by atoms with E-state index in [4.69, 9.17) is 11.6 Å². The molecule has 2 aliphatic rings. The van der Waals surface area contributed by atoms with Crippen molar-refractivity contribution < 1.29 is 9.59 Å². The first-order valence-electron chi connectivity index (χ1n) is 10.5. The Morgan fingerprint density at radius 1 is 1.12 bits per heavy atom. The summed E-state index contributed by atoms with van der Waals surface area (Å²) in [6.07, 6.45) is 3.49. The maximum absolute atomic E-state index is 11.9. The highest BCUT2D eigenvalue weighted by Gasteiger charge is 2.25. The fourth-order valence-electron chi connectivity index (χ4n) is 4.10. The monoisotopic (exact) mass is 467 g/mol. The number of anilines is 1. The fourth-order valence-corrected chi connectivity index (χ4v) is 5.08. The highest BCUT2D eigenvalue weighted by molar-refractivity contribution is 8.18. The lowest BCUT2D eigenvalue weighted by Gasteiger charge is -2.36. The number of likely N-dealkylation sites (N-methyl/N-ethyl adjacent to an activating group) is 1. The van der Waals surface area contributed by atoms with Crippen LogP contribution in [-0.4, -0.2) is 58.3 Å². The van der Waals surface area contributed by atoms with E-state index < -0.39 is 0 Å². The van der Waals surface area contributed by atoms with E-state index in [0.717, 1.165) is 72.5 Å². The molecule has 2 fully saturated rings. The molecule has 0 saturated carbocycles. The predicted molar refractivity (Wildman–Crippen MR) is 130 cm³/mol. The molecule has 0 unspecified atom stereocenters. The number of benzene rings is 2. The second-order valence-electron chi connectivity index (χ2n) is 7.77. The summed E-state index contributed by atoms with van der Waals surface area (Å²) in [5.41, 5.74) is 4.52. The SMILES string of the molecule is CCN1CCN(c2ccc(-n3cnc4ccc(/C=C5\SC(=O)NC5=O)cc43)cc2Cl)CC1. The minimum Gasteiger partial charge on any atom is -0.368 e. The van der Waals surface area contributed by atoms with Crippen LogP contribution in [0.1, 0.15) is 12.5 Å². The van der Waals surface area contributed by atoms with Crippen LogP contribution in [0, 0.1) is 0 Å². The summed E-state index contributed by atoms with van der Waals surface area (Å²) in [4.78, 5) is 32.9. The molecule has 164 valence electrons. The summed E-state index contributed by atoms with van der Waals surface area (Å²) in [6.45, 7) is 7.28. The van der Waals surface area contributed by atoms with Crippen molar-refractivity contribution in [1.82, 2.24) is 19.8 Å². The third kappa shape index (κ3) is 4.01. The Labute approximate surface area is 195 Å². The summed E-state index contributed by atoms with van der Waals surface area (Å²) >= 11 is 7.61. The normalized spacial score (nSPS) is 18.7. The average Bonchev–Trinajstić information content (AvgIpc) is 3.35. The van der Waals surface area contributed by atoms with Crippen LogP contribution in [0.25, 0.3) is 22.8 Å². The molecular formula is C23H22ClN5O2S. The van der Waals surface area contributed by atoms with Crippen molar-refractivity contribution in [1.29, 1.82) is 0 Å². The maximum Gasteiger partial charge on any atom is 0.290 e. The fraction of sp³-hybridized carbons (Fsp3) is 0.261. The van der Waals surface area contributed by atoms with Crippen LogP contribution in [0.3, 0.4) is 0 Å². The zero-order chi connectivity index (χ0) is 22.2. The van der Waals surface area contributed by atoms with E-state index in [-0.39, 0.29) is 11.1 Å². The lowest BCUT2D eigenvalue weighted by atomic mass is 10.1. The van der Waals surface area contributed by atoms with Gasteiger partial charge in [-0.2, -0.15) is 0 Å². The molecule has 9 heteroatoms. The molecule has 5 rings (SSSR count). The van der Waals surface area contributed by atoms with Gasteiger partial charge in [-0.15, -0.1) is 0 Å². The third-order valence-electron chi connectivity index (χ3n) is 5.88. The average molecular weight is 468 g/mol. The number of thioether (sulfide) groups is 1. The molecule has 1 N–H and O–H groups in total. The van der Waals surface area contributed by atoms with Crippen LogP contribution in [-0.2, 0) is 4.79 Å². The smallest absolute Gasteiger partial charge is 0.290 e. The van der Waals surface area contributed by atoms with E-state index >= 15 is 0 Å². The number of nitrogens with one attached hydrogen (secondary N) is 1. The molecule has 0 atom stereocenters. The van der Waals surface area contributed by atoms with Gasteiger partial charge in [0.15, 0.2) is 0 Å². The number of halogens is 1. The van der Waals surface area contributed by atoms with Gasteiger partial charge in [-0.1, -0.05) is 24.6 Å². The van der Waals surface area contributed by atoms with Gasteiger partial charge in [-0.3, -0.25) is 19.5 Å². The highest BCUT2D eigenvalue weighted by Crippen LogP contribution is 2.31. The summed E-state index contributed by atoms with van der Waals surface area (Å²) in [6, 6.07) is 11.8. The zero-order valence-corrected chi connectivity index (χ0v) is 19.1. The molecule has 2 aromatic carbocycles. The summed E-state index contributed by atoms with van der Waals surface area (Å²) in [5.74, 6) is -0.365. The second kappa shape index (κ2) is 8.61. The van der Waals surface area contributed by atoms with E-state index in [1.807, 2.05) is 28.8 Å². The molecule has 2 amide bonds. The maximum atomic E-state index is 11.9. The molecule has 3 aromatic rings. The molecule has 0 radical (unpaired) electrons. The Bertz CT molecular complexity index is 1250. The number of rotatable bonds is 4. The number of nitrogens with zero attached hydrogens (tertiary/aromatic N) is 4. The number of fused-ring (bicyclic) bond motifs is 1. The van der Waals surface area contributed by atoms with Crippen molar-refractivity contribution in [2.75, 3.05) is 37.6 Å². The van der Waals surface area contributed by atoms with Crippen LogP contribution < -0.4 is 10.2 Å². The van der Waals surface area contributed by atoms with Gasteiger partial charge in [0.05, 0.1) is 26.6 Å². The standard InChI is InChI=1S/C23H22ClN5O2S/c1-2-27-7-9-28(10-8-27)19-6-4-16(13-17(19)24)29-14-25-18-5-3-15(11-20(18)29)12-21-22(30)26-23(31)32-21/h3-6,11-14H,2,7-10H2,1H3,(H,26,30,31)/b21-12-. The molecule has 2 saturated heterocycles. The largest absolute Gasteiger partial charge is 0.368 e. The van der Waals surface area contributed by atoms with Gasteiger partial charge in [0, 0.05) is 31.9 Å². The molecular weight excluding hydrogens is 446 g/mol. The highest BCUT2D eigenvalue weighted by atomic mass is 35.5. The molecule has 0 spiro atoms. The number of carbonyl (C=O) groups is 2. The number of carbonyl (C=O) groups excluding carboxylic acids is 2. The molecule has 3 heterocycles. The third-order valence-corrected chi connectivity index (χ3v) is 6.99. The first kappa shape index (κ1) is 21.1. The predicted octanol–water partition coefficient (Wildman–Crippen LogP) is 4.14. The van der Waals surface area contributed by atoms with Gasteiger partial charge >= 0.3 is 0 Å². The number of hydrogen-bond acceptors (Lipinski definition) is 6. The summed E-state index contributed by atoms with van der Waals surface area (Å²) in [7, 11) is 0. The first-order valence-corrected chi connectivity index (χ1v) is 11.7. The molecule has 7 nitrogen and oxygen atoms in total. The minimum absolute atomic E-state index is 0.349. The lowest BCUT2D eigenvalue weighted by Crippen LogP contribution is -2.46. The van der Waals surface area contributed by atoms with Gasteiger partial charge in [-0.05, 0) is 60.3 Å². The van der Waals surface area contributed by atoms with Crippen molar-refractivity contribution in [2.24, 2.45) is 0 Å². The van der Waals surface area contributed by atoms with Crippen LogP contribution >= 0.6 is 23.4 Å². The number of amides is 2. The van der Waals surface area contributed by atoms with Crippen molar-refractivity contribution in [3.05, 3.63) is 58.2 Å². The Kier molecular flexibility index (Phi) is 5.67. The van der Waals surface area contributed by atoms with Gasteiger partial charge in [0.1, 0.15) is 6.33 Å². The van der Waals surface area contributed by atoms with E-state index in [1.165, 1.54) is 0 Å². The van der Waals surface area contributed by atoms with Gasteiger partial charge in [-0.25, -0.2) is 4.98 Å². The molecule has 0 bridgehead atoms. The van der Waals surface area contributed by atoms with Gasteiger partial charge < -0.3 is 9.80 Å². The van der Waals surface area contributed by atoms with E-state index in [0.29, 0.717) is 9.93 Å². The number of aromatic nitrogens is 2. The summed E-state index contributed by atoms with van der Waals surface area (Å²) < 4.78 is 1.98. The van der Waals surface area contributed by atoms with Crippen molar-refractivity contribution >= 4 is 57.3 Å². The molecule has 1 aromatic heterocycles. The number of imidazole rings is 1. The number of hydrogen-bond donors (Lipinski definition) is 1. The van der Waals surface area contributed by atoms with Crippen molar-refractivity contribution in [3.8, 4) is 5.69 Å². The van der Waals surface area contributed by atoms with E-state index in [1.54, 1.807) is 12.4 Å². The Morgan fingerprint density at radius 2 is 1.94 bits per heavy atom. The van der Waals surface area contributed by atoms with Gasteiger partial charge in [0.25, 0.3) is 11.1 Å². The lowest BCUT2D eigenvalue weighted by molar-refractivity contribution is -0.115. The van der Waals surface area contributed by atoms with Crippen molar-refractivity contribution in [2.45, 2.75) is 6.92 Å². The van der Waals surface area contributed by atoms with Gasteiger partial charge in [0.2, 0.25) is 0 Å². The van der Waals surface area contributed by atoms with Crippen LogP contribution in [0.5, 0.6) is 0 Å². The number of imide groups is 1. The first-order chi connectivity index (χ1) is 15.5. The quantitative estimate of drug-likeness (QED) is 0.581. The molecule has 32 heavy (non-hydrogen) atoms.